The van der Waals surface area contributed by atoms with Gasteiger partial charge in [-0.1, -0.05) is 60.1 Å². The Bertz CT molecular complexity index is 1300. The highest BCUT2D eigenvalue weighted by molar-refractivity contribution is 6.31. The van der Waals surface area contributed by atoms with Crippen molar-refractivity contribution in [2.45, 2.75) is 19.4 Å². The minimum Gasteiger partial charge on any atom is -0.381 e. The number of nitrogens with zero attached hydrogens (tertiary/aromatic N) is 4. The van der Waals surface area contributed by atoms with Gasteiger partial charge >= 0.3 is 0 Å². The van der Waals surface area contributed by atoms with Crippen LogP contribution in [0.5, 0.6) is 0 Å². The van der Waals surface area contributed by atoms with Gasteiger partial charge in [-0.25, -0.2) is 0 Å². The number of aromatic nitrogens is 4. The summed E-state index contributed by atoms with van der Waals surface area (Å²) >= 11 is 6.30. The van der Waals surface area contributed by atoms with Crippen LogP contribution in [-0.2, 0) is 13.0 Å². The number of carbonyl (C=O) groups is 1. The van der Waals surface area contributed by atoms with Gasteiger partial charge in [-0.15, -0.1) is 0 Å². The van der Waals surface area contributed by atoms with E-state index in [4.69, 9.17) is 22.6 Å². The minimum atomic E-state index is -0.219. The van der Waals surface area contributed by atoms with E-state index in [1.165, 1.54) is 0 Å². The van der Waals surface area contributed by atoms with Crippen molar-refractivity contribution in [3.05, 3.63) is 88.2 Å². The summed E-state index contributed by atoms with van der Waals surface area (Å²) in [5.41, 5.74) is 9.55. The summed E-state index contributed by atoms with van der Waals surface area (Å²) in [6.07, 6.45) is 2.91. The second-order valence-electron chi connectivity index (χ2n) is 7.48. The topological polar surface area (TPSA) is 125 Å². The van der Waals surface area contributed by atoms with Gasteiger partial charge in [-0.05, 0) is 24.5 Å². The van der Waals surface area contributed by atoms with Crippen LogP contribution in [0, 0.1) is 11.3 Å². The maximum absolute atomic E-state index is 13.0. The molecule has 0 aliphatic carbocycles. The van der Waals surface area contributed by atoms with Crippen LogP contribution in [0.2, 0.25) is 5.02 Å². The number of halogens is 1. The maximum Gasteiger partial charge on any atom is 0.255 e. The molecule has 4 N–H and O–H groups in total. The van der Waals surface area contributed by atoms with Crippen molar-refractivity contribution in [3.8, 4) is 17.3 Å². The molecule has 1 amide bonds. The summed E-state index contributed by atoms with van der Waals surface area (Å²) in [5.74, 6) is -0.0288. The molecule has 0 aliphatic rings. The number of aromatic amines is 1. The Morgan fingerprint density at radius 2 is 1.94 bits per heavy atom. The third-order valence-corrected chi connectivity index (χ3v) is 5.58. The van der Waals surface area contributed by atoms with Gasteiger partial charge < -0.3 is 11.1 Å². The van der Waals surface area contributed by atoms with Gasteiger partial charge in [0.15, 0.2) is 5.82 Å². The van der Waals surface area contributed by atoms with Crippen LogP contribution in [0.25, 0.3) is 11.3 Å². The molecule has 0 unspecified atom stereocenters. The number of hydrogen-bond acceptors (Lipinski definition) is 5. The number of H-pyrrole nitrogens is 1. The summed E-state index contributed by atoms with van der Waals surface area (Å²) in [4.78, 5) is 13.0. The molecule has 0 bridgehead atoms. The minimum absolute atomic E-state index is 0.190. The van der Waals surface area contributed by atoms with Crippen LogP contribution in [-0.4, -0.2) is 32.4 Å². The van der Waals surface area contributed by atoms with E-state index in [9.17, 15) is 4.79 Å². The number of nitrogens with two attached hydrogens (primary N) is 1. The van der Waals surface area contributed by atoms with Crippen molar-refractivity contribution in [2.24, 2.45) is 0 Å². The predicted octanol–water partition coefficient (Wildman–Crippen LogP) is 3.79. The maximum atomic E-state index is 13.0. The molecule has 9 heteroatoms. The second-order valence-corrected chi connectivity index (χ2v) is 7.89. The number of aryl methyl sites for hydroxylation is 1. The van der Waals surface area contributed by atoms with E-state index in [-0.39, 0.29) is 11.7 Å². The molecule has 2 aromatic heterocycles. The number of rotatable bonds is 8. The van der Waals surface area contributed by atoms with E-state index in [0.717, 1.165) is 11.1 Å². The summed E-state index contributed by atoms with van der Waals surface area (Å²) < 4.78 is 1.73. The molecular formula is C24H22ClN7O. The van der Waals surface area contributed by atoms with E-state index < -0.39 is 0 Å². The summed E-state index contributed by atoms with van der Waals surface area (Å²) in [7, 11) is 0. The molecule has 0 radical (unpaired) electrons. The first-order chi connectivity index (χ1) is 16.1. The lowest BCUT2D eigenvalue weighted by molar-refractivity contribution is 0.0953. The average molecular weight is 460 g/mol. The average Bonchev–Trinajstić information content (AvgIpc) is 3.42. The molecule has 166 valence electrons. The third kappa shape index (κ3) is 5.05. The molecule has 0 saturated heterocycles. The molecule has 2 aromatic carbocycles. The fourth-order valence-electron chi connectivity index (χ4n) is 3.54. The largest absolute Gasteiger partial charge is 0.381 e. The number of amides is 1. The number of anilines is 1. The second kappa shape index (κ2) is 10.0. The van der Waals surface area contributed by atoms with Gasteiger partial charge in [0.25, 0.3) is 5.91 Å². The molecule has 33 heavy (non-hydrogen) atoms. The number of nitrogen functional groups attached to an aromatic ring is 1. The number of benzene rings is 2. The quantitative estimate of drug-likeness (QED) is 0.345. The fourth-order valence-corrected chi connectivity index (χ4v) is 3.74. The Balaban J connectivity index is 1.49. The Morgan fingerprint density at radius 3 is 2.70 bits per heavy atom. The van der Waals surface area contributed by atoms with E-state index in [1.807, 2.05) is 60.7 Å². The smallest absolute Gasteiger partial charge is 0.255 e. The van der Waals surface area contributed by atoms with E-state index >= 15 is 0 Å². The number of nitriles is 1. The van der Waals surface area contributed by atoms with Crippen molar-refractivity contribution in [3.63, 3.8) is 0 Å². The van der Waals surface area contributed by atoms with Crippen LogP contribution in [0.15, 0.2) is 60.8 Å². The molecule has 0 fully saturated rings. The van der Waals surface area contributed by atoms with Crippen molar-refractivity contribution < 1.29 is 4.79 Å². The van der Waals surface area contributed by atoms with Crippen LogP contribution < -0.4 is 11.1 Å². The van der Waals surface area contributed by atoms with Crippen molar-refractivity contribution >= 4 is 23.3 Å². The Hall–Kier alpha value is -4.09. The number of hydrogen-bond donors (Lipinski definition) is 3. The lowest BCUT2D eigenvalue weighted by Crippen LogP contribution is -2.25. The molecule has 0 aliphatic heterocycles. The Morgan fingerprint density at radius 1 is 1.18 bits per heavy atom. The highest BCUT2D eigenvalue weighted by Crippen LogP contribution is 2.24. The first-order valence-electron chi connectivity index (χ1n) is 10.4. The summed E-state index contributed by atoms with van der Waals surface area (Å²) in [5, 5.41) is 24.1. The van der Waals surface area contributed by atoms with Gasteiger partial charge in [0.05, 0.1) is 17.8 Å². The molecular weight excluding hydrogens is 438 g/mol. The molecule has 0 spiro atoms. The molecule has 8 nitrogen and oxygen atoms in total. The summed E-state index contributed by atoms with van der Waals surface area (Å²) in [6, 6.07) is 19.2. The van der Waals surface area contributed by atoms with Gasteiger partial charge in [-0.3, -0.25) is 14.6 Å². The van der Waals surface area contributed by atoms with Gasteiger partial charge in [0.2, 0.25) is 0 Å². The van der Waals surface area contributed by atoms with E-state index in [0.29, 0.717) is 53.5 Å². The van der Waals surface area contributed by atoms with E-state index in [2.05, 4.69) is 20.6 Å². The van der Waals surface area contributed by atoms with E-state index in [1.54, 1.807) is 10.9 Å². The first-order valence-corrected chi connectivity index (χ1v) is 10.8. The third-order valence-electron chi connectivity index (χ3n) is 5.21. The SMILES string of the molecule is N#Cc1c(N)n[nH]c1CCCNC(=O)c1cn(Cc2ccccc2Cl)nc1-c1ccccc1. The highest BCUT2D eigenvalue weighted by Gasteiger charge is 2.18. The standard InChI is InChI=1S/C24H22ClN7O/c25-20-10-5-4-9-17(20)14-32-15-19(22(31-32)16-7-2-1-3-8-16)24(33)28-12-6-11-21-18(13-26)23(27)30-29-21/h1-5,7-10,15H,6,11-12,14H2,(H,28,33)(H3,27,29,30). The van der Waals surface area contributed by atoms with Crippen LogP contribution in [0.4, 0.5) is 5.82 Å². The lowest BCUT2D eigenvalue weighted by Gasteiger charge is -2.05. The molecule has 4 rings (SSSR count). The molecule has 2 heterocycles. The number of nitrogens with one attached hydrogen (secondary N) is 2. The zero-order valence-corrected chi connectivity index (χ0v) is 18.5. The normalized spacial score (nSPS) is 10.7. The highest BCUT2D eigenvalue weighted by atomic mass is 35.5. The van der Waals surface area contributed by atoms with Gasteiger partial charge in [-0.2, -0.15) is 15.5 Å². The first kappa shape index (κ1) is 22.1. The molecule has 4 aromatic rings. The Labute approximate surface area is 196 Å². The summed E-state index contributed by atoms with van der Waals surface area (Å²) in [6.45, 7) is 0.873. The predicted molar refractivity (Wildman–Crippen MR) is 127 cm³/mol. The zero-order valence-electron chi connectivity index (χ0n) is 17.8. The van der Waals surface area contributed by atoms with Crippen LogP contribution >= 0.6 is 11.6 Å². The number of carbonyl (C=O) groups excluding carboxylic acids is 1. The zero-order chi connectivity index (χ0) is 23.2. The van der Waals surface area contributed by atoms with Crippen LogP contribution in [0.3, 0.4) is 0 Å². The van der Waals surface area contributed by atoms with Crippen LogP contribution in [0.1, 0.15) is 33.6 Å². The van der Waals surface area contributed by atoms with Crippen molar-refractivity contribution in [1.82, 2.24) is 25.3 Å². The lowest BCUT2D eigenvalue weighted by atomic mass is 10.1. The fraction of sp³-hybridized carbons (Fsp3) is 0.167. The van der Waals surface area contributed by atoms with Crippen molar-refractivity contribution in [1.29, 1.82) is 5.26 Å². The van der Waals surface area contributed by atoms with Gasteiger partial charge in [0, 0.05) is 23.3 Å². The van der Waals surface area contributed by atoms with Crippen molar-refractivity contribution in [2.75, 3.05) is 12.3 Å². The monoisotopic (exact) mass is 459 g/mol. The molecule has 0 atom stereocenters. The Kier molecular flexibility index (Phi) is 6.72. The van der Waals surface area contributed by atoms with Gasteiger partial charge in [0.1, 0.15) is 17.3 Å². The molecule has 0 saturated carbocycles.